The summed E-state index contributed by atoms with van der Waals surface area (Å²) in [5.41, 5.74) is 11.2. The Labute approximate surface area is 141 Å². The average Bonchev–Trinajstić information content (AvgIpc) is 3.35. The van der Waals surface area contributed by atoms with Crippen LogP contribution >= 0.6 is 0 Å². The zero-order valence-electron chi connectivity index (χ0n) is 14.1. The van der Waals surface area contributed by atoms with Gasteiger partial charge in [0.05, 0.1) is 18.6 Å². The first-order valence-electron chi connectivity index (χ1n) is 8.08. The van der Waals surface area contributed by atoms with Gasteiger partial charge in [-0.05, 0) is 25.3 Å². The number of carbonyl (C=O) groups excluding carboxylic acids is 3. The molecule has 136 valence electrons. The Morgan fingerprint density at radius 2 is 1.92 bits per heavy atom. The molecule has 0 aromatic carbocycles. The second-order valence-corrected chi connectivity index (χ2v) is 6.13. The maximum atomic E-state index is 12.3. The van der Waals surface area contributed by atoms with Gasteiger partial charge in [-0.15, -0.1) is 0 Å². The highest BCUT2D eigenvalue weighted by molar-refractivity contribution is 6.40. The van der Waals surface area contributed by atoms with Crippen molar-refractivity contribution in [2.75, 3.05) is 19.7 Å². The molecular weight excluding hydrogens is 314 g/mol. The molecule has 1 aliphatic rings. The molecule has 1 fully saturated rings. The largest absolute Gasteiger partial charge is 0.364 e. The molecular formula is C15H27N5O4. The van der Waals surface area contributed by atoms with Gasteiger partial charge in [-0.3, -0.25) is 25.1 Å². The Bertz CT molecular complexity index is 490. The molecule has 1 heterocycles. The number of nitrogens with one attached hydrogen (secondary N) is 3. The first kappa shape index (κ1) is 20.2. The molecule has 24 heavy (non-hydrogen) atoms. The van der Waals surface area contributed by atoms with E-state index in [0.29, 0.717) is 13.1 Å². The minimum Gasteiger partial charge on any atom is -0.364 e. The van der Waals surface area contributed by atoms with Crippen molar-refractivity contribution in [1.82, 2.24) is 10.6 Å². The van der Waals surface area contributed by atoms with E-state index in [1.165, 1.54) is 0 Å². The Kier molecular flexibility index (Phi) is 7.96. The summed E-state index contributed by atoms with van der Waals surface area (Å²) in [6.07, 6.45) is 0.879. The lowest BCUT2D eigenvalue weighted by Crippen LogP contribution is -2.54. The lowest BCUT2D eigenvalue weighted by Gasteiger charge is -2.24. The summed E-state index contributed by atoms with van der Waals surface area (Å²) in [5.74, 6) is -3.47. The Morgan fingerprint density at radius 3 is 2.42 bits per heavy atom. The van der Waals surface area contributed by atoms with Gasteiger partial charge < -0.3 is 21.5 Å². The maximum Gasteiger partial charge on any atom is 0.244 e. The van der Waals surface area contributed by atoms with Gasteiger partial charge >= 0.3 is 0 Å². The number of hydrogen-bond acceptors (Lipinski definition) is 7. The Morgan fingerprint density at radius 1 is 1.29 bits per heavy atom. The van der Waals surface area contributed by atoms with Gasteiger partial charge in [0.2, 0.25) is 17.5 Å². The molecule has 9 nitrogen and oxygen atoms in total. The van der Waals surface area contributed by atoms with Crippen LogP contribution in [0, 0.1) is 17.2 Å². The molecule has 0 bridgehead atoms. The molecule has 0 saturated carbocycles. The second kappa shape index (κ2) is 9.45. The van der Waals surface area contributed by atoms with E-state index < -0.39 is 35.5 Å². The van der Waals surface area contributed by atoms with Crippen LogP contribution in [0.2, 0.25) is 0 Å². The number of nitrogens with two attached hydrogens (primary N) is 2. The van der Waals surface area contributed by atoms with Crippen LogP contribution in [0.1, 0.15) is 26.7 Å². The van der Waals surface area contributed by atoms with Gasteiger partial charge in [0.1, 0.15) is 6.10 Å². The summed E-state index contributed by atoms with van der Waals surface area (Å²) in [5, 5.41) is 12.7. The molecule has 3 atom stereocenters. The van der Waals surface area contributed by atoms with Gasteiger partial charge in [-0.2, -0.15) is 0 Å². The van der Waals surface area contributed by atoms with Crippen molar-refractivity contribution in [3.05, 3.63) is 0 Å². The van der Waals surface area contributed by atoms with Crippen molar-refractivity contribution in [2.45, 2.75) is 38.8 Å². The third kappa shape index (κ3) is 5.99. The van der Waals surface area contributed by atoms with Gasteiger partial charge in [0.15, 0.2) is 5.96 Å². The lowest BCUT2D eigenvalue weighted by molar-refractivity contribution is -0.142. The van der Waals surface area contributed by atoms with Crippen LogP contribution in [0.4, 0.5) is 0 Å². The van der Waals surface area contributed by atoms with E-state index in [0.717, 1.165) is 12.8 Å². The minimum absolute atomic E-state index is 0.195. The quantitative estimate of drug-likeness (QED) is 0.106. The van der Waals surface area contributed by atoms with E-state index >= 15 is 0 Å². The highest BCUT2D eigenvalue weighted by Gasteiger charge is 2.43. The monoisotopic (exact) mass is 341 g/mol. The summed E-state index contributed by atoms with van der Waals surface area (Å²) in [7, 11) is 0. The van der Waals surface area contributed by atoms with E-state index in [1.54, 1.807) is 13.8 Å². The fraction of sp³-hybridized carbons (Fsp3) is 0.733. The van der Waals surface area contributed by atoms with Crippen molar-refractivity contribution in [1.29, 1.82) is 5.41 Å². The van der Waals surface area contributed by atoms with Crippen LogP contribution in [0.5, 0.6) is 0 Å². The molecule has 0 aromatic rings. The predicted octanol–water partition coefficient (Wildman–Crippen LogP) is -1.50. The molecule has 1 aliphatic heterocycles. The van der Waals surface area contributed by atoms with Crippen LogP contribution in [-0.4, -0.2) is 55.3 Å². The predicted molar refractivity (Wildman–Crippen MR) is 88.2 cm³/mol. The first-order valence-corrected chi connectivity index (χ1v) is 8.08. The summed E-state index contributed by atoms with van der Waals surface area (Å²) in [4.78, 5) is 36.3. The van der Waals surface area contributed by atoms with Crippen LogP contribution in [-0.2, 0) is 19.1 Å². The molecule has 0 aliphatic carbocycles. The molecule has 7 N–H and O–H groups in total. The molecule has 9 heteroatoms. The van der Waals surface area contributed by atoms with Crippen molar-refractivity contribution in [2.24, 2.45) is 23.3 Å². The van der Waals surface area contributed by atoms with Crippen LogP contribution in [0.15, 0.2) is 0 Å². The highest BCUT2D eigenvalue weighted by atomic mass is 16.6. The van der Waals surface area contributed by atoms with Gasteiger partial charge in [0, 0.05) is 6.54 Å². The van der Waals surface area contributed by atoms with Gasteiger partial charge in [-0.25, -0.2) is 0 Å². The Balaban J connectivity index is 2.57. The maximum absolute atomic E-state index is 12.3. The number of ketones is 2. The number of hydrogen-bond donors (Lipinski definition) is 5. The van der Waals surface area contributed by atoms with E-state index in [-0.39, 0.29) is 18.5 Å². The van der Waals surface area contributed by atoms with E-state index in [1.807, 2.05) is 0 Å². The van der Waals surface area contributed by atoms with E-state index in [2.05, 4.69) is 10.6 Å². The second-order valence-electron chi connectivity index (χ2n) is 6.13. The van der Waals surface area contributed by atoms with Crippen LogP contribution in [0.25, 0.3) is 0 Å². The number of ether oxygens (including phenoxy) is 1. The van der Waals surface area contributed by atoms with Crippen molar-refractivity contribution >= 4 is 23.4 Å². The highest BCUT2D eigenvalue weighted by Crippen LogP contribution is 2.20. The number of carbonyl (C=O) groups is 3. The van der Waals surface area contributed by atoms with E-state index in [9.17, 15) is 14.4 Å². The fourth-order valence-electron chi connectivity index (χ4n) is 2.30. The SMILES string of the molecule is CC(C)C(C(=O)C(=O)C1CO1)[C@H](N)C(=O)NC(=N)NCCCCN. The summed E-state index contributed by atoms with van der Waals surface area (Å²) >= 11 is 0. The minimum atomic E-state index is -1.22. The molecule has 1 amide bonds. The summed E-state index contributed by atoms with van der Waals surface area (Å²) in [6, 6.07) is -1.22. The molecule has 0 radical (unpaired) electrons. The number of guanidine groups is 1. The number of unbranched alkanes of at least 4 members (excludes halogenated alkanes) is 1. The van der Waals surface area contributed by atoms with E-state index in [4.69, 9.17) is 21.6 Å². The standard InChI is InChI=1S/C15H27N5O4/c1-8(2)10(13(22)12(21)9-7-24-9)11(17)14(23)20-15(18)19-6-4-3-5-16/h8-11H,3-7,16-17H2,1-2H3,(H3,18,19,20,23)/t9?,10?,11-/m0/s1. The molecule has 2 unspecified atom stereocenters. The topological polar surface area (TPSA) is 164 Å². The van der Waals surface area contributed by atoms with Gasteiger partial charge in [-0.1, -0.05) is 13.8 Å². The molecule has 0 aromatic heterocycles. The molecule has 1 saturated heterocycles. The van der Waals surface area contributed by atoms with Crippen molar-refractivity contribution in [3.63, 3.8) is 0 Å². The number of Topliss-reactive ketones (excluding diaryl/α,β-unsaturated/α-hetero) is 2. The first-order chi connectivity index (χ1) is 11.3. The number of amides is 1. The fourth-order valence-corrected chi connectivity index (χ4v) is 2.30. The van der Waals surface area contributed by atoms with Gasteiger partial charge in [0.25, 0.3) is 0 Å². The molecule has 1 rings (SSSR count). The summed E-state index contributed by atoms with van der Waals surface area (Å²) in [6.45, 7) is 4.72. The number of rotatable bonds is 10. The molecule has 0 spiro atoms. The van der Waals surface area contributed by atoms with Crippen LogP contribution in [0.3, 0.4) is 0 Å². The zero-order valence-corrected chi connectivity index (χ0v) is 14.1. The van der Waals surface area contributed by atoms with Crippen LogP contribution < -0.4 is 22.1 Å². The van der Waals surface area contributed by atoms with Crippen molar-refractivity contribution < 1.29 is 19.1 Å². The smallest absolute Gasteiger partial charge is 0.244 e. The average molecular weight is 341 g/mol. The lowest BCUT2D eigenvalue weighted by atomic mass is 9.82. The van der Waals surface area contributed by atoms with Crippen molar-refractivity contribution in [3.8, 4) is 0 Å². The zero-order chi connectivity index (χ0) is 18.3. The third-order valence-electron chi connectivity index (χ3n) is 3.76. The normalized spacial score (nSPS) is 18.6. The Hall–Kier alpha value is -1.84. The third-order valence-corrected chi connectivity index (χ3v) is 3.76. The number of epoxide rings is 1. The summed E-state index contributed by atoms with van der Waals surface area (Å²) < 4.78 is 4.83.